The highest BCUT2D eigenvalue weighted by atomic mass is 35.5. The van der Waals surface area contributed by atoms with Crippen molar-refractivity contribution in [3.05, 3.63) is 81.9 Å². The molecule has 2 unspecified atom stereocenters. The van der Waals surface area contributed by atoms with Gasteiger partial charge in [-0.05, 0) is 70.4 Å². The Labute approximate surface area is 232 Å². The van der Waals surface area contributed by atoms with Crippen molar-refractivity contribution in [3.8, 4) is 5.69 Å². The maximum absolute atomic E-state index is 14.9. The number of aromatic nitrogens is 2. The van der Waals surface area contributed by atoms with E-state index < -0.39 is 23.4 Å². The monoisotopic (exact) mass is 558 g/mol. The summed E-state index contributed by atoms with van der Waals surface area (Å²) in [5.41, 5.74) is 2.18. The molecule has 2 fully saturated rings. The van der Waals surface area contributed by atoms with Gasteiger partial charge in [-0.1, -0.05) is 23.7 Å². The van der Waals surface area contributed by atoms with E-state index in [1.165, 1.54) is 18.2 Å². The molecular formula is C30H34ClF3N4O. The molecule has 39 heavy (non-hydrogen) atoms. The van der Waals surface area contributed by atoms with Crippen molar-refractivity contribution in [2.75, 3.05) is 26.2 Å². The highest BCUT2D eigenvalue weighted by Gasteiger charge is 2.45. The maximum atomic E-state index is 14.9. The fraction of sp³-hybridized carbons (Fsp3) is 0.467. The van der Waals surface area contributed by atoms with E-state index in [1.54, 1.807) is 16.8 Å². The van der Waals surface area contributed by atoms with E-state index in [0.29, 0.717) is 50.3 Å². The number of amides is 1. The first-order chi connectivity index (χ1) is 18.4. The summed E-state index contributed by atoms with van der Waals surface area (Å²) in [6, 6.07) is 10.5. The minimum Gasteiger partial charge on any atom is -0.342 e. The number of piperidine rings is 1. The first-order valence-electron chi connectivity index (χ1n) is 13.4. The molecule has 1 aromatic heterocycles. The van der Waals surface area contributed by atoms with Crippen molar-refractivity contribution in [2.45, 2.75) is 57.9 Å². The molecule has 9 heteroatoms. The third kappa shape index (κ3) is 5.46. The fourth-order valence-electron chi connectivity index (χ4n) is 6.01. The Balaban J connectivity index is 1.35. The molecule has 2 aliphatic rings. The number of carbonyl (C=O) groups is 1. The molecule has 3 aromatic rings. The van der Waals surface area contributed by atoms with Crippen molar-refractivity contribution in [1.82, 2.24) is 19.6 Å². The Hall–Kier alpha value is -2.84. The molecule has 1 amide bonds. The van der Waals surface area contributed by atoms with Gasteiger partial charge in [0.2, 0.25) is 5.91 Å². The molecule has 2 aromatic carbocycles. The highest BCUT2D eigenvalue weighted by Crippen LogP contribution is 2.40. The van der Waals surface area contributed by atoms with E-state index >= 15 is 0 Å². The van der Waals surface area contributed by atoms with E-state index in [9.17, 15) is 18.0 Å². The molecule has 0 N–H and O–H groups in total. The molecule has 0 radical (unpaired) electrons. The maximum Gasteiger partial charge on any atom is 0.227 e. The van der Waals surface area contributed by atoms with E-state index in [4.69, 9.17) is 11.6 Å². The van der Waals surface area contributed by atoms with Crippen LogP contribution in [-0.4, -0.2) is 57.2 Å². The van der Waals surface area contributed by atoms with Crippen molar-refractivity contribution in [3.63, 3.8) is 0 Å². The van der Waals surface area contributed by atoms with Gasteiger partial charge >= 0.3 is 0 Å². The van der Waals surface area contributed by atoms with Crippen LogP contribution in [0.4, 0.5) is 13.2 Å². The largest absolute Gasteiger partial charge is 0.342 e. The van der Waals surface area contributed by atoms with Gasteiger partial charge in [0.05, 0.1) is 16.6 Å². The van der Waals surface area contributed by atoms with Crippen LogP contribution < -0.4 is 0 Å². The predicted molar refractivity (Wildman–Crippen MR) is 146 cm³/mol. The number of hydrogen-bond donors (Lipinski definition) is 0. The lowest BCUT2D eigenvalue weighted by Gasteiger charge is -2.35. The average Bonchev–Trinajstić information content (AvgIpc) is 3.50. The van der Waals surface area contributed by atoms with Gasteiger partial charge in [0, 0.05) is 55.3 Å². The third-order valence-corrected chi connectivity index (χ3v) is 8.48. The van der Waals surface area contributed by atoms with Gasteiger partial charge < -0.3 is 4.90 Å². The van der Waals surface area contributed by atoms with Crippen LogP contribution in [0.5, 0.6) is 0 Å². The predicted octanol–water partition coefficient (Wildman–Crippen LogP) is 6.47. The van der Waals surface area contributed by atoms with Crippen LogP contribution in [0.2, 0.25) is 5.02 Å². The van der Waals surface area contributed by atoms with Crippen LogP contribution in [0, 0.1) is 30.3 Å². The summed E-state index contributed by atoms with van der Waals surface area (Å²) in [6.07, 6.45) is 1.40. The van der Waals surface area contributed by atoms with Crippen LogP contribution in [0.25, 0.3) is 5.69 Å². The van der Waals surface area contributed by atoms with Crippen molar-refractivity contribution < 1.29 is 18.0 Å². The summed E-state index contributed by atoms with van der Waals surface area (Å²) in [4.78, 5) is 17.9. The van der Waals surface area contributed by atoms with Crippen LogP contribution in [0.15, 0.2) is 42.5 Å². The molecule has 2 saturated heterocycles. The molecule has 0 saturated carbocycles. The van der Waals surface area contributed by atoms with Gasteiger partial charge in [0.1, 0.15) is 17.3 Å². The number of nitrogens with zero attached hydrogens (tertiary/aromatic N) is 4. The van der Waals surface area contributed by atoms with Crippen molar-refractivity contribution >= 4 is 17.5 Å². The van der Waals surface area contributed by atoms with Crippen LogP contribution in [0.3, 0.4) is 0 Å². The summed E-state index contributed by atoms with van der Waals surface area (Å²) in [7, 11) is 0. The Morgan fingerprint density at radius 1 is 1.03 bits per heavy atom. The zero-order chi connectivity index (χ0) is 28.1. The first-order valence-corrected chi connectivity index (χ1v) is 13.8. The number of hydrogen-bond acceptors (Lipinski definition) is 3. The number of benzene rings is 2. The molecule has 208 valence electrons. The summed E-state index contributed by atoms with van der Waals surface area (Å²) in [5.74, 6) is -2.44. The molecule has 5 rings (SSSR count). The van der Waals surface area contributed by atoms with E-state index in [2.05, 4.69) is 30.8 Å². The van der Waals surface area contributed by atoms with Gasteiger partial charge in [-0.2, -0.15) is 5.10 Å². The number of halogens is 4. The summed E-state index contributed by atoms with van der Waals surface area (Å²) in [6.45, 7) is 10.2. The normalized spacial score (nSPS) is 21.1. The minimum atomic E-state index is -0.626. The quantitative estimate of drug-likeness (QED) is 0.368. The number of aryl methyl sites for hydroxylation is 1. The Morgan fingerprint density at radius 2 is 1.74 bits per heavy atom. The Morgan fingerprint density at radius 3 is 2.41 bits per heavy atom. The van der Waals surface area contributed by atoms with Crippen molar-refractivity contribution in [2.24, 2.45) is 5.92 Å². The smallest absolute Gasteiger partial charge is 0.227 e. The van der Waals surface area contributed by atoms with Gasteiger partial charge in [-0.15, -0.1) is 0 Å². The van der Waals surface area contributed by atoms with E-state index in [0.717, 1.165) is 17.5 Å². The van der Waals surface area contributed by atoms with E-state index in [-0.39, 0.29) is 28.3 Å². The summed E-state index contributed by atoms with van der Waals surface area (Å²) < 4.78 is 45.0. The zero-order valence-corrected chi connectivity index (χ0v) is 23.5. The number of likely N-dealkylation sites (tertiary alicyclic amines) is 2. The number of rotatable bonds is 4. The second-order valence-corrected chi connectivity index (χ2v) is 12.2. The van der Waals surface area contributed by atoms with Gasteiger partial charge in [-0.25, -0.2) is 17.9 Å². The topological polar surface area (TPSA) is 41.4 Å². The van der Waals surface area contributed by atoms with E-state index in [1.807, 2.05) is 17.9 Å². The molecule has 0 aliphatic carbocycles. The average molecular weight is 559 g/mol. The highest BCUT2D eigenvalue weighted by molar-refractivity contribution is 6.30. The second kappa shape index (κ2) is 10.6. The zero-order valence-electron chi connectivity index (χ0n) is 22.7. The lowest BCUT2D eigenvalue weighted by atomic mass is 9.86. The van der Waals surface area contributed by atoms with Crippen LogP contribution in [-0.2, 0) is 4.79 Å². The summed E-state index contributed by atoms with van der Waals surface area (Å²) in [5, 5.41) is 4.58. The van der Waals surface area contributed by atoms with Crippen molar-refractivity contribution in [1.29, 1.82) is 0 Å². The van der Waals surface area contributed by atoms with Gasteiger partial charge in [-0.3, -0.25) is 9.69 Å². The van der Waals surface area contributed by atoms with Crippen LogP contribution >= 0.6 is 11.6 Å². The Bertz CT molecular complexity index is 1380. The Kier molecular flexibility index (Phi) is 7.55. The molecule has 3 heterocycles. The molecule has 5 nitrogen and oxygen atoms in total. The van der Waals surface area contributed by atoms with Gasteiger partial charge in [0.15, 0.2) is 5.82 Å². The second-order valence-electron chi connectivity index (χ2n) is 11.7. The third-order valence-electron chi connectivity index (χ3n) is 8.19. The van der Waals surface area contributed by atoms with Gasteiger partial charge in [0.25, 0.3) is 0 Å². The lowest BCUT2D eigenvalue weighted by molar-refractivity contribution is -0.136. The fourth-order valence-corrected chi connectivity index (χ4v) is 6.18. The molecule has 2 aliphatic heterocycles. The lowest BCUT2D eigenvalue weighted by Crippen LogP contribution is -2.44. The standard InChI is InChI=1S/C30H34ClF3N4O/c1-18-14-27(38(35-18)26-7-5-6-24(31)28(26)34)19-10-12-36(13-11-19)29(39)23-17-37(30(2,3)4)16-22(23)21-9-8-20(32)15-25(21)33/h5-9,14-15,19,22-23H,10-13,16-17H2,1-4H3. The minimum absolute atomic E-state index is 0.000464. The first kappa shape index (κ1) is 27.7. The number of carbonyl (C=O) groups excluding carboxylic acids is 1. The SMILES string of the molecule is Cc1cc(C2CCN(C(=O)C3CN(C(C)(C)C)CC3c3ccc(F)cc3F)CC2)n(-c2cccc(Cl)c2F)n1. The van der Waals surface area contributed by atoms with Crippen LogP contribution in [0.1, 0.15) is 62.4 Å². The molecule has 0 bridgehead atoms. The summed E-state index contributed by atoms with van der Waals surface area (Å²) >= 11 is 6.03. The molecule has 2 atom stereocenters. The molecule has 0 spiro atoms. The molecular weight excluding hydrogens is 525 g/mol.